The number of aromatic amines is 1. The molecule has 2 unspecified atom stereocenters. The van der Waals surface area contributed by atoms with Gasteiger partial charge in [-0.2, -0.15) is 0 Å². The molecule has 4 N–H and O–H groups in total. The predicted molar refractivity (Wildman–Crippen MR) is 155 cm³/mol. The minimum absolute atomic E-state index is 0.217. The third-order valence-corrected chi connectivity index (χ3v) is 8.75. The van der Waals surface area contributed by atoms with E-state index >= 15 is 0 Å². The second kappa shape index (κ2) is 9.14. The first-order valence-electron chi connectivity index (χ1n) is 13.8. The minimum Gasteiger partial charge on any atom is -0.361 e. The second-order valence-electron chi connectivity index (χ2n) is 11.1. The highest BCUT2D eigenvalue weighted by Crippen LogP contribution is 2.54. The van der Waals surface area contributed by atoms with Crippen molar-refractivity contribution in [1.29, 1.82) is 0 Å². The molecule has 1 spiro atoms. The van der Waals surface area contributed by atoms with E-state index in [2.05, 4.69) is 20.9 Å². The van der Waals surface area contributed by atoms with Gasteiger partial charge < -0.3 is 15.6 Å². The maximum Gasteiger partial charge on any atom is 0.250 e. The highest BCUT2D eigenvalue weighted by molar-refractivity contribution is 6.26. The van der Waals surface area contributed by atoms with Crippen LogP contribution < -0.4 is 20.9 Å². The van der Waals surface area contributed by atoms with Crippen LogP contribution in [0.25, 0.3) is 10.9 Å². The Balaban J connectivity index is 1.34. The third kappa shape index (κ3) is 3.65. The lowest BCUT2D eigenvalue weighted by atomic mass is 9.76. The number of nitrogens with zero attached hydrogens (tertiary/aromatic N) is 1. The molecule has 3 aromatic carbocycles. The molecule has 2 fully saturated rings. The quantitative estimate of drug-likeness (QED) is 0.283. The van der Waals surface area contributed by atoms with Crippen LogP contribution in [0, 0.1) is 11.8 Å². The Morgan fingerprint density at radius 1 is 1.00 bits per heavy atom. The summed E-state index contributed by atoms with van der Waals surface area (Å²) >= 11 is 0. The number of imide groups is 1. The molecular formula is C32H29N5O4. The van der Waals surface area contributed by atoms with Crippen molar-refractivity contribution in [3.05, 3.63) is 89.6 Å². The highest BCUT2D eigenvalue weighted by Gasteiger charge is 2.70. The Hall–Kier alpha value is -4.76. The molecular weight excluding hydrogens is 518 g/mol. The second-order valence-corrected chi connectivity index (χ2v) is 11.1. The van der Waals surface area contributed by atoms with E-state index in [9.17, 15) is 19.2 Å². The first-order valence-corrected chi connectivity index (χ1v) is 13.8. The summed E-state index contributed by atoms with van der Waals surface area (Å²) in [7, 11) is 0. The number of anilines is 3. The van der Waals surface area contributed by atoms with Gasteiger partial charge in [0.15, 0.2) is 0 Å². The van der Waals surface area contributed by atoms with Crippen LogP contribution in [0.3, 0.4) is 0 Å². The van der Waals surface area contributed by atoms with Crippen molar-refractivity contribution in [2.75, 3.05) is 15.5 Å². The van der Waals surface area contributed by atoms with Gasteiger partial charge in [-0.05, 0) is 60.4 Å². The number of hydrogen-bond donors (Lipinski definition) is 4. The van der Waals surface area contributed by atoms with Crippen LogP contribution in [-0.4, -0.2) is 34.7 Å². The van der Waals surface area contributed by atoms with Crippen LogP contribution in [0.5, 0.6) is 0 Å². The summed E-state index contributed by atoms with van der Waals surface area (Å²) in [4.78, 5) is 58.4. The molecule has 9 heteroatoms. The van der Waals surface area contributed by atoms with Gasteiger partial charge in [0.05, 0.1) is 17.5 Å². The zero-order valence-corrected chi connectivity index (χ0v) is 22.7. The number of rotatable bonds is 5. The summed E-state index contributed by atoms with van der Waals surface area (Å²) in [5.74, 6) is -2.96. The lowest BCUT2D eigenvalue weighted by Crippen LogP contribution is -2.53. The molecule has 0 bridgehead atoms. The molecule has 0 radical (unpaired) electrons. The fourth-order valence-electron chi connectivity index (χ4n) is 6.93. The number of amides is 4. The van der Waals surface area contributed by atoms with Crippen molar-refractivity contribution in [2.24, 2.45) is 11.8 Å². The van der Waals surface area contributed by atoms with Gasteiger partial charge in [-0.1, -0.05) is 37.3 Å². The average molecular weight is 548 g/mol. The van der Waals surface area contributed by atoms with Crippen LogP contribution >= 0.6 is 0 Å². The summed E-state index contributed by atoms with van der Waals surface area (Å²) < 4.78 is 0. The molecule has 0 aliphatic carbocycles. The van der Waals surface area contributed by atoms with E-state index in [0.717, 1.165) is 28.5 Å². The molecule has 0 saturated carbocycles. The topological polar surface area (TPSA) is 123 Å². The largest absolute Gasteiger partial charge is 0.361 e. The van der Waals surface area contributed by atoms with Crippen molar-refractivity contribution < 1.29 is 19.2 Å². The molecule has 3 aliphatic rings. The van der Waals surface area contributed by atoms with E-state index in [1.54, 1.807) is 24.3 Å². The summed E-state index contributed by atoms with van der Waals surface area (Å²) in [5.41, 5.74) is 4.00. The van der Waals surface area contributed by atoms with Crippen LogP contribution in [-0.2, 0) is 37.6 Å². The Kier molecular flexibility index (Phi) is 5.62. The van der Waals surface area contributed by atoms with Crippen LogP contribution in [0.2, 0.25) is 0 Å². The average Bonchev–Trinajstić information content (AvgIpc) is 3.67. The van der Waals surface area contributed by atoms with Crippen molar-refractivity contribution in [3.63, 3.8) is 0 Å². The normalized spacial score (nSPS) is 24.7. The van der Waals surface area contributed by atoms with E-state index in [-0.39, 0.29) is 17.7 Å². The molecule has 4 heterocycles. The number of carbonyl (C=O) groups is 4. The number of nitrogens with one attached hydrogen (secondary N) is 4. The summed E-state index contributed by atoms with van der Waals surface area (Å²) in [6, 6.07) is 19.9. The number of aryl methyl sites for hydroxylation is 1. The number of carbonyl (C=O) groups excluding carboxylic acids is 4. The third-order valence-electron chi connectivity index (χ3n) is 8.75. The molecule has 206 valence electrons. The molecule has 41 heavy (non-hydrogen) atoms. The van der Waals surface area contributed by atoms with Crippen LogP contribution in [0.1, 0.15) is 30.5 Å². The first-order chi connectivity index (χ1) is 19.8. The standard InChI is InChI=1S/C32H29N5O4/c1-3-18-8-13-25-23(14-18)32(31(41)35-25)28-27(26(36-32)15-19-16-33-24-7-5-4-6-22(19)24)29(39)37(30(28)40)21-11-9-20(10-12-21)34-17(2)38/h4-14,16,26-28,33,36H,3,15H2,1-2H3,(H,34,38)(H,35,41)/t26?,27-,28+,32?/m1/s1. The Morgan fingerprint density at radius 3 is 2.54 bits per heavy atom. The minimum atomic E-state index is -1.38. The molecule has 3 aliphatic heterocycles. The van der Waals surface area contributed by atoms with Gasteiger partial charge in [-0.15, -0.1) is 0 Å². The number of para-hydroxylation sites is 1. The van der Waals surface area contributed by atoms with E-state index in [0.29, 0.717) is 29.0 Å². The fourth-order valence-corrected chi connectivity index (χ4v) is 6.93. The lowest BCUT2D eigenvalue weighted by molar-refractivity contribution is -0.130. The van der Waals surface area contributed by atoms with Crippen LogP contribution in [0.15, 0.2) is 72.9 Å². The van der Waals surface area contributed by atoms with Crippen LogP contribution in [0.4, 0.5) is 17.1 Å². The fraction of sp³-hybridized carbons (Fsp3) is 0.250. The number of benzene rings is 3. The van der Waals surface area contributed by atoms with Gasteiger partial charge in [0, 0.05) is 47.0 Å². The number of H-pyrrole nitrogens is 1. The maximum atomic E-state index is 14.3. The van der Waals surface area contributed by atoms with Gasteiger partial charge in [0.25, 0.3) is 0 Å². The highest BCUT2D eigenvalue weighted by atomic mass is 16.2. The van der Waals surface area contributed by atoms with Gasteiger partial charge >= 0.3 is 0 Å². The molecule has 2 saturated heterocycles. The SMILES string of the molecule is CCc1ccc2c(c1)C1(NC(Cc3c[nH]c4ccccc34)[C@H]3C(=O)N(c4ccc(NC(C)=O)cc4)C(=O)[C@H]31)C(=O)N2. The van der Waals surface area contributed by atoms with Gasteiger partial charge in [0.1, 0.15) is 5.54 Å². The predicted octanol–water partition coefficient (Wildman–Crippen LogP) is 3.86. The Bertz CT molecular complexity index is 1760. The first kappa shape index (κ1) is 25.2. The molecule has 4 aromatic rings. The maximum absolute atomic E-state index is 14.3. The zero-order chi connectivity index (χ0) is 28.5. The monoisotopic (exact) mass is 547 g/mol. The van der Waals surface area contributed by atoms with E-state index in [1.165, 1.54) is 11.8 Å². The zero-order valence-electron chi connectivity index (χ0n) is 22.7. The van der Waals surface area contributed by atoms with E-state index in [4.69, 9.17) is 0 Å². The number of fused-ring (bicyclic) bond motifs is 5. The van der Waals surface area contributed by atoms with Gasteiger partial charge in [0.2, 0.25) is 23.6 Å². The van der Waals surface area contributed by atoms with E-state index in [1.807, 2.05) is 55.6 Å². The Morgan fingerprint density at radius 2 is 1.78 bits per heavy atom. The molecule has 1 aromatic heterocycles. The molecule has 7 rings (SSSR count). The smallest absolute Gasteiger partial charge is 0.250 e. The summed E-state index contributed by atoms with van der Waals surface area (Å²) in [5, 5.41) is 10.3. The summed E-state index contributed by atoms with van der Waals surface area (Å²) in [6.45, 7) is 3.46. The van der Waals surface area contributed by atoms with Crippen molar-refractivity contribution in [2.45, 2.75) is 38.3 Å². The lowest BCUT2D eigenvalue weighted by Gasteiger charge is -2.30. The van der Waals surface area contributed by atoms with Crippen molar-refractivity contribution in [1.82, 2.24) is 10.3 Å². The van der Waals surface area contributed by atoms with Gasteiger partial charge in [-0.25, -0.2) is 4.90 Å². The number of aromatic nitrogens is 1. The van der Waals surface area contributed by atoms with Gasteiger partial charge in [-0.3, -0.25) is 24.5 Å². The number of hydrogen-bond acceptors (Lipinski definition) is 5. The summed E-state index contributed by atoms with van der Waals surface area (Å²) in [6.07, 6.45) is 3.16. The molecule has 4 atom stereocenters. The van der Waals surface area contributed by atoms with Crippen molar-refractivity contribution >= 4 is 51.6 Å². The van der Waals surface area contributed by atoms with Crippen molar-refractivity contribution in [3.8, 4) is 0 Å². The molecule has 9 nitrogen and oxygen atoms in total. The molecule has 4 amide bonds. The Labute approximate surface area is 236 Å². The van der Waals surface area contributed by atoms with E-state index < -0.39 is 29.3 Å².